The number of hydrogen-bond donors (Lipinski definition) is 2. The average molecular weight is 544 g/mol. The molecule has 1 aromatic heterocycles. The first-order chi connectivity index (χ1) is 13.0. The molecule has 1 fully saturated rings. The maximum absolute atomic E-state index is 12.3. The lowest BCUT2D eigenvalue weighted by atomic mass is 10.1. The van der Waals surface area contributed by atoms with Crippen LogP contribution in [0.15, 0.2) is 22.5 Å². The predicted molar refractivity (Wildman–Crippen MR) is 131 cm³/mol. The molecule has 0 bridgehead atoms. The lowest BCUT2D eigenvalue weighted by Gasteiger charge is -2.33. The minimum atomic E-state index is -3.23. The Morgan fingerprint density at radius 2 is 1.96 bits per heavy atom. The molecule has 2 heterocycles. The quantitative estimate of drug-likeness (QED) is 0.285. The molecule has 2 N–H and O–H groups in total. The van der Waals surface area contributed by atoms with E-state index in [1.54, 1.807) is 11.3 Å². The van der Waals surface area contributed by atoms with E-state index in [1.807, 2.05) is 20.8 Å². The van der Waals surface area contributed by atoms with Gasteiger partial charge in [0.1, 0.15) is 0 Å². The van der Waals surface area contributed by atoms with E-state index in [1.165, 1.54) is 9.31 Å². The van der Waals surface area contributed by atoms with E-state index in [9.17, 15) is 8.42 Å². The highest BCUT2D eigenvalue weighted by molar-refractivity contribution is 14.0. The van der Waals surface area contributed by atoms with Crippen LogP contribution in [0, 0.1) is 0 Å². The Morgan fingerprint density at radius 3 is 2.50 bits per heavy atom. The molecule has 0 unspecified atom stereocenters. The van der Waals surface area contributed by atoms with Crippen molar-refractivity contribution < 1.29 is 8.42 Å². The largest absolute Gasteiger partial charge is 0.363 e. The van der Waals surface area contributed by atoms with Gasteiger partial charge in [-0.1, -0.05) is 13.8 Å². The number of anilines is 1. The van der Waals surface area contributed by atoms with Crippen molar-refractivity contribution in [2.75, 3.05) is 49.9 Å². The van der Waals surface area contributed by atoms with E-state index in [4.69, 9.17) is 0 Å². The third-order valence-electron chi connectivity index (χ3n) is 4.72. The van der Waals surface area contributed by atoms with Crippen LogP contribution in [0.4, 0.5) is 5.00 Å². The topological polar surface area (TPSA) is 77.0 Å². The third-order valence-corrected chi connectivity index (χ3v) is 7.65. The molecular weight excluding hydrogens is 509 g/mol. The van der Waals surface area contributed by atoms with Crippen molar-refractivity contribution in [2.45, 2.75) is 39.7 Å². The van der Waals surface area contributed by atoms with Gasteiger partial charge in [0.2, 0.25) is 10.0 Å². The summed E-state index contributed by atoms with van der Waals surface area (Å²) in [6.07, 6.45) is 2.08. The number of guanidine groups is 1. The van der Waals surface area contributed by atoms with Crippen LogP contribution >= 0.6 is 35.3 Å². The van der Waals surface area contributed by atoms with Crippen molar-refractivity contribution in [3.63, 3.8) is 0 Å². The van der Waals surface area contributed by atoms with Gasteiger partial charge in [-0.3, -0.25) is 4.99 Å². The summed E-state index contributed by atoms with van der Waals surface area (Å²) in [4.78, 5) is 6.91. The molecule has 162 valence electrons. The van der Waals surface area contributed by atoms with Crippen LogP contribution in [-0.4, -0.2) is 69.7 Å². The summed E-state index contributed by atoms with van der Waals surface area (Å²) in [5.41, 5.74) is 0. The highest BCUT2D eigenvalue weighted by Crippen LogP contribution is 2.24. The fourth-order valence-corrected chi connectivity index (χ4v) is 5.38. The molecule has 0 radical (unpaired) electrons. The number of aliphatic imine (C=N–C) groups is 1. The SMILES string of the molecule is CCNC(=NCCS(=O)(=O)N(CC)CC)NC1CCN(c2cccs2)CC1.I. The van der Waals surface area contributed by atoms with Crippen molar-refractivity contribution in [1.82, 2.24) is 14.9 Å². The maximum atomic E-state index is 12.3. The van der Waals surface area contributed by atoms with E-state index in [0.29, 0.717) is 25.1 Å². The molecule has 1 aliphatic rings. The summed E-state index contributed by atoms with van der Waals surface area (Å²) >= 11 is 1.78. The first-order valence-corrected chi connectivity index (χ1v) is 12.3. The highest BCUT2D eigenvalue weighted by Gasteiger charge is 2.21. The molecule has 0 atom stereocenters. The lowest BCUT2D eigenvalue weighted by Crippen LogP contribution is -2.48. The van der Waals surface area contributed by atoms with Gasteiger partial charge in [-0.2, -0.15) is 0 Å². The standard InChI is InChI=1S/C18H33N5O2S2.HI/c1-4-19-18(20-11-15-27(24,25)23(5-2)6-3)21-16-9-12-22(13-10-16)17-8-7-14-26-17;/h7-8,14,16H,4-6,9-13,15H2,1-3H3,(H2,19,20,21);1H. The fourth-order valence-electron chi connectivity index (χ4n) is 3.23. The molecule has 0 spiro atoms. The Morgan fingerprint density at radius 1 is 1.29 bits per heavy atom. The zero-order valence-electron chi connectivity index (χ0n) is 17.1. The number of nitrogens with one attached hydrogen (secondary N) is 2. The summed E-state index contributed by atoms with van der Waals surface area (Å²) in [7, 11) is -3.23. The molecule has 1 aliphatic heterocycles. The van der Waals surface area contributed by atoms with Gasteiger partial charge in [0.05, 0.1) is 17.3 Å². The smallest absolute Gasteiger partial charge is 0.215 e. The summed E-state index contributed by atoms with van der Waals surface area (Å²) in [6.45, 7) is 9.81. The van der Waals surface area contributed by atoms with E-state index < -0.39 is 10.0 Å². The van der Waals surface area contributed by atoms with Crippen molar-refractivity contribution in [1.29, 1.82) is 0 Å². The summed E-state index contributed by atoms with van der Waals surface area (Å²) < 4.78 is 26.1. The van der Waals surface area contributed by atoms with E-state index in [0.717, 1.165) is 32.5 Å². The van der Waals surface area contributed by atoms with Gasteiger partial charge < -0.3 is 15.5 Å². The van der Waals surface area contributed by atoms with Crippen molar-refractivity contribution in [3.8, 4) is 0 Å². The van der Waals surface area contributed by atoms with Gasteiger partial charge in [0.15, 0.2) is 5.96 Å². The lowest BCUT2D eigenvalue weighted by molar-refractivity contribution is 0.445. The molecule has 1 saturated heterocycles. The number of halogens is 1. The Kier molecular flexibility index (Phi) is 11.7. The minimum Gasteiger partial charge on any atom is -0.363 e. The van der Waals surface area contributed by atoms with E-state index in [2.05, 4.69) is 38.0 Å². The van der Waals surface area contributed by atoms with Gasteiger partial charge in [0.25, 0.3) is 0 Å². The maximum Gasteiger partial charge on any atom is 0.215 e. The summed E-state index contributed by atoms with van der Waals surface area (Å²) in [5.74, 6) is 0.754. The number of rotatable bonds is 9. The number of nitrogens with zero attached hydrogens (tertiary/aromatic N) is 3. The van der Waals surface area contributed by atoms with Crippen molar-refractivity contribution in [3.05, 3.63) is 17.5 Å². The minimum absolute atomic E-state index is 0. The second-order valence-electron chi connectivity index (χ2n) is 6.52. The van der Waals surface area contributed by atoms with Crippen LogP contribution in [0.25, 0.3) is 0 Å². The first kappa shape index (κ1) is 25.4. The normalized spacial score (nSPS) is 16.1. The molecule has 0 amide bonds. The van der Waals surface area contributed by atoms with Gasteiger partial charge in [-0.05, 0) is 37.3 Å². The van der Waals surface area contributed by atoms with Crippen molar-refractivity contribution >= 4 is 56.3 Å². The molecular formula is C18H34IN5O2S2. The van der Waals surface area contributed by atoms with Crippen LogP contribution in [0.5, 0.6) is 0 Å². The van der Waals surface area contributed by atoms with Gasteiger partial charge in [0, 0.05) is 38.8 Å². The Balaban J connectivity index is 0.00000392. The number of thiophene rings is 1. The van der Waals surface area contributed by atoms with Gasteiger partial charge in [-0.15, -0.1) is 35.3 Å². The molecule has 10 heteroatoms. The van der Waals surface area contributed by atoms with E-state index in [-0.39, 0.29) is 36.3 Å². The van der Waals surface area contributed by atoms with Crippen LogP contribution in [0.2, 0.25) is 0 Å². The van der Waals surface area contributed by atoms with Crippen molar-refractivity contribution in [2.24, 2.45) is 4.99 Å². The van der Waals surface area contributed by atoms with E-state index >= 15 is 0 Å². The average Bonchev–Trinajstić information content (AvgIpc) is 3.18. The number of hydrogen-bond acceptors (Lipinski definition) is 5. The molecule has 7 nitrogen and oxygen atoms in total. The Bertz CT molecular complexity index is 670. The van der Waals surface area contributed by atoms with Crippen LogP contribution < -0.4 is 15.5 Å². The molecule has 28 heavy (non-hydrogen) atoms. The van der Waals surface area contributed by atoms with Crippen LogP contribution in [-0.2, 0) is 10.0 Å². The van der Waals surface area contributed by atoms with Crippen LogP contribution in [0.1, 0.15) is 33.6 Å². The molecule has 0 aliphatic carbocycles. The van der Waals surface area contributed by atoms with Crippen LogP contribution in [0.3, 0.4) is 0 Å². The summed E-state index contributed by atoms with van der Waals surface area (Å²) in [6, 6.07) is 4.62. The zero-order chi connectivity index (χ0) is 19.7. The fraction of sp³-hybridized carbons (Fsp3) is 0.722. The number of sulfonamides is 1. The Labute approximate surface area is 191 Å². The number of piperidine rings is 1. The third kappa shape index (κ3) is 7.68. The zero-order valence-corrected chi connectivity index (χ0v) is 21.0. The molecule has 1 aromatic rings. The second kappa shape index (κ2) is 12.9. The first-order valence-electron chi connectivity index (χ1n) is 9.81. The molecule has 0 saturated carbocycles. The predicted octanol–water partition coefficient (Wildman–Crippen LogP) is 2.56. The van der Waals surface area contributed by atoms with Gasteiger partial charge in [-0.25, -0.2) is 12.7 Å². The summed E-state index contributed by atoms with van der Waals surface area (Å²) in [5, 5.41) is 10.1. The molecule has 0 aromatic carbocycles. The monoisotopic (exact) mass is 543 g/mol. The second-order valence-corrected chi connectivity index (χ2v) is 9.53. The highest BCUT2D eigenvalue weighted by atomic mass is 127. The Hall–Kier alpha value is -0.590. The van der Waals surface area contributed by atoms with Gasteiger partial charge >= 0.3 is 0 Å². The molecule has 2 rings (SSSR count).